The molecule has 0 aliphatic heterocycles. The number of hydrogen-bond donors (Lipinski definition) is 1. The highest BCUT2D eigenvalue weighted by atomic mass is 35.5. The minimum Gasteiger partial charge on any atom is -0.347 e. The maximum absolute atomic E-state index is 12.8. The molecule has 0 spiro atoms. The van der Waals surface area contributed by atoms with Gasteiger partial charge in [0, 0.05) is 10.4 Å². The van der Waals surface area contributed by atoms with E-state index < -0.39 is 0 Å². The van der Waals surface area contributed by atoms with Crippen LogP contribution in [0.3, 0.4) is 0 Å². The van der Waals surface area contributed by atoms with Gasteiger partial charge in [-0.15, -0.1) is 11.8 Å². The fourth-order valence-electron chi connectivity index (χ4n) is 5.38. The van der Waals surface area contributed by atoms with Gasteiger partial charge in [0.15, 0.2) is 0 Å². The maximum atomic E-state index is 12.8. The smallest absolute Gasteiger partial charge is 0.253 e. The minimum atomic E-state index is 0.0165. The molecule has 2 nitrogen and oxygen atoms in total. The van der Waals surface area contributed by atoms with Gasteiger partial charge < -0.3 is 5.32 Å². The van der Waals surface area contributed by atoms with E-state index in [-0.39, 0.29) is 11.4 Å². The fraction of sp³-hybridized carbons (Fsp3) is 0.611. The normalized spacial score (nSPS) is 35.6. The Labute approximate surface area is 141 Å². The lowest BCUT2D eigenvalue weighted by Crippen LogP contribution is -2.59. The molecule has 4 fully saturated rings. The summed E-state index contributed by atoms with van der Waals surface area (Å²) in [6.45, 7) is 0. The summed E-state index contributed by atoms with van der Waals surface area (Å²) in [6, 6.07) is 5.72. The van der Waals surface area contributed by atoms with E-state index in [1.807, 2.05) is 24.5 Å². The zero-order valence-corrected chi connectivity index (χ0v) is 14.5. The summed E-state index contributed by atoms with van der Waals surface area (Å²) in [4.78, 5) is 13.9. The number of benzene rings is 1. The van der Waals surface area contributed by atoms with Crippen LogP contribution in [-0.2, 0) is 0 Å². The summed E-state index contributed by atoms with van der Waals surface area (Å²) >= 11 is 7.90. The molecule has 0 radical (unpaired) electrons. The lowest BCUT2D eigenvalue weighted by Gasteiger charge is -2.56. The molecule has 0 heterocycles. The molecule has 1 aromatic rings. The monoisotopic (exact) mass is 335 g/mol. The standard InChI is InChI=1S/C18H22ClNOS/c1-22-14-2-3-16(19)15(7-14)17(21)20-18-8-11-4-12(9-18)6-13(5-11)10-18/h2-3,7,11-13H,4-6,8-10H2,1H3,(H,20,21). The molecule has 0 atom stereocenters. The van der Waals surface area contributed by atoms with E-state index in [0.717, 1.165) is 22.6 Å². The molecule has 0 aromatic heterocycles. The average molecular weight is 336 g/mol. The number of amides is 1. The third kappa shape index (κ3) is 2.56. The van der Waals surface area contributed by atoms with E-state index >= 15 is 0 Å². The molecule has 0 unspecified atom stereocenters. The molecule has 1 aromatic carbocycles. The highest BCUT2D eigenvalue weighted by Crippen LogP contribution is 2.55. The molecular weight excluding hydrogens is 314 g/mol. The van der Waals surface area contributed by atoms with Crippen molar-refractivity contribution in [1.29, 1.82) is 0 Å². The van der Waals surface area contributed by atoms with Gasteiger partial charge >= 0.3 is 0 Å². The van der Waals surface area contributed by atoms with Gasteiger partial charge in [-0.1, -0.05) is 11.6 Å². The molecular formula is C18H22ClNOS. The minimum absolute atomic E-state index is 0.0165. The second kappa shape index (κ2) is 5.45. The Morgan fingerprint density at radius 1 is 1.18 bits per heavy atom. The van der Waals surface area contributed by atoms with Gasteiger partial charge in [0.05, 0.1) is 10.6 Å². The highest BCUT2D eigenvalue weighted by Gasteiger charge is 2.51. The van der Waals surface area contributed by atoms with Gasteiger partial charge in [-0.2, -0.15) is 0 Å². The van der Waals surface area contributed by atoms with Crippen LogP contribution in [0.4, 0.5) is 0 Å². The quantitative estimate of drug-likeness (QED) is 0.807. The van der Waals surface area contributed by atoms with Crippen LogP contribution < -0.4 is 5.32 Å². The van der Waals surface area contributed by atoms with Crippen molar-refractivity contribution in [3.05, 3.63) is 28.8 Å². The fourth-order valence-corrected chi connectivity index (χ4v) is 6.02. The second-order valence-electron chi connectivity index (χ2n) is 7.50. The van der Waals surface area contributed by atoms with Crippen molar-refractivity contribution in [2.75, 3.05) is 6.26 Å². The van der Waals surface area contributed by atoms with Gasteiger partial charge in [-0.3, -0.25) is 4.79 Å². The summed E-state index contributed by atoms with van der Waals surface area (Å²) < 4.78 is 0. The van der Waals surface area contributed by atoms with Crippen molar-refractivity contribution >= 4 is 29.3 Å². The summed E-state index contributed by atoms with van der Waals surface area (Å²) in [5.74, 6) is 2.52. The molecule has 4 aliphatic rings. The molecule has 0 saturated heterocycles. The molecule has 4 aliphatic carbocycles. The number of rotatable bonds is 3. The van der Waals surface area contributed by atoms with Crippen molar-refractivity contribution < 1.29 is 4.79 Å². The Bertz CT molecular complexity index is 580. The second-order valence-corrected chi connectivity index (χ2v) is 8.78. The van der Waals surface area contributed by atoms with Crippen LogP contribution in [0, 0.1) is 17.8 Å². The predicted molar refractivity (Wildman–Crippen MR) is 91.6 cm³/mol. The zero-order chi connectivity index (χ0) is 15.3. The SMILES string of the molecule is CSc1ccc(Cl)c(C(=O)NC23CC4CC(CC(C4)C2)C3)c1. The van der Waals surface area contributed by atoms with Crippen LogP contribution in [0.2, 0.25) is 5.02 Å². The van der Waals surface area contributed by atoms with E-state index in [9.17, 15) is 4.79 Å². The predicted octanol–water partition coefficient (Wildman–Crippen LogP) is 4.76. The number of carbonyl (C=O) groups is 1. The Hall–Kier alpha value is -0.670. The van der Waals surface area contributed by atoms with Gasteiger partial charge in [0.2, 0.25) is 0 Å². The molecule has 22 heavy (non-hydrogen) atoms. The zero-order valence-electron chi connectivity index (χ0n) is 12.9. The first-order valence-electron chi connectivity index (χ1n) is 8.23. The van der Waals surface area contributed by atoms with E-state index in [1.54, 1.807) is 11.8 Å². The first kappa shape index (κ1) is 14.9. The third-order valence-corrected chi connectivity index (χ3v) is 6.89. The lowest BCUT2D eigenvalue weighted by molar-refractivity contribution is -0.0167. The third-order valence-electron chi connectivity index (χ3n) is 5.84. The Balaban J connectivity index is 1.57. The topological polar surface area (TPSA) is 29.1 Å². The van der Waals surface area contributed by atoms with Gasteiger partial charge in [-0.05, 0) is 80.7 Å². The Morgan fingerprint density at radius 3 is 2.32 bits per heavy atom. The van der Waals surface area contributed by atoms with E-state index in [4.69, 9.17) is 11.6 Å². The Morgan fingerprint density at radius 2 is 1.77 bits per heavy atom. The van der Waals surface area contributed by atoms with Crippen LogP contribution >= 0.6 is 23.4 Å². The van der Waals surface area contributed by atoms with Crippen molar-refractivity contribution in [3.63, 3.8) is 0 Å². The number of thioether (sulfide) groups is 1. The first-order valence-corrected chi connectivity index (χ1v) is 9.83. The summed E-state index contributed by atoms with van der Waals surface area (Å²) in [6.07, 6.45) is 9.69. The maximum Gasteiger partial charge on any atom is 0.253 e. The van der Waals surface area contributed by atoms with Crippen LogP contribution in [0.25, 0.3) is 0 Å². The number of nitrogens with one attached hydrogen (secondary N) is 1. The van der Waals surface area contributed by atoms with Crippen molar-refractivity contribution in [3.8, 4) is 0 Å². The van der Waals surface area contributed by atoms with Crippen LogP contribution in [0.1, 0.15) is 48.9 Å². The summed E-state index contributed by atoms with van der Waals surface area (Å²) in [5, 5.41) is 3.96. The molecule has 5 rings (SSSR count). The molecule has 4 saturated carbocycles. The molecule has 1 amide bonds. The van der Waals surface area contributed by atoms with E-state index in [1.165, 1.54) is 38.5 Å². The van der Waals surface area contributed by atoms with Crippen molar-refractivity contribution in [2.24, 2.45) is 17.8 Å². The molecule has 118 valence electrons. The molecule has 1 N–H and O–H groups in total. The lowest BCUT2D eigenvalue weighted by atomic mass is 9.53. The number of hydrogen-bond acceptors (Lipinski definition) is 2. The van der Waals surface area contributed by atoms with Crippen LogP contribution in [-0.4, -0.2) is 17.7 Å². The molecule has 4 heteroatoms. The van der Waals surface area contributed by atoms with E-state index in [2.05, 4.69) is 5.32 Å². The van der Waals surface area contributed by atoms with Gasteiger partial charge in [0.25, 0.3) is 5.91 Å². The average Bonchev–Trinajstić information content (AvgIpc) is 2.45. The number of halogens is 1. The Kier molecular flexibility index (Phi) is 3.69. The summed E-state index contributed by atoms with van der Waals surface area (Å²) in [7, 11) is 0. The van der Waals surface area contributed by atoms with Crippen LogP contribution in [0.15, 0.2) is 23.1 Å². The van der Waals surface area contributed by atoms with Gasteiger partial charge in [0.1, 0.15) is 0 Å². The molecule has 4 bridgehead atoms. The van der Waals surface area contributed by atoms with Crippen molar-refractivity contribution in [2.45, 2.75) is 49.0 Å². The largest absolute Gasteiger partial charge is 0.347 e. The highest BCUT2D eigenvalue weighted by molar-refractivity contribution is 7.98. The van der Waals surface area contributed by atoms with E-state index in [0.29, 0.717) is 10.6 Å². The summed E-state index contributed by atoms with van der Waals surface area (Å²) in [5.41, 5.74) is 0.675. The van der Waals surface area contributed by atoms with Crippen molar-refractivity contribution in [1.82, 2.24) is 5.32 Å². The number of carbonyl (C=O) groups excluding carboxylic acids is 1. The van der Waals surface area contributed by atoms with Crippen LogP contribution in [0.5, 0.6) is 0 Å². The van der Waals surface area contributed by atoms with Gasteiger partial charge in [-0.25, -0.2) is 0 Å². The first-order chi connectivity index (χ1) is 10.6.